The monoisotopic (exact) mass is 264 g/mol. The largest absolute Gasteiger partial charge is 0.460 e. The Balaban J connectivity index is 2.91. The van der Waals surface area contributed by atoms with Gasteiger partial charge in [0.2, 0.25) is 0 Å². The lowest BCUT2D eigenvalue weighted by molar-refractivity contribution is -0.161. The maximum Gasteiger partial charge on any atom is 0.303 e. The van der Waals surface area contributed by atoms with Gasteiger partial charge in [-0.15, -0.1) is 6.58 Å². The van der Waals surface area contributed by atoms with Gasteiger partial charge in [-0.1, -0.05) is 25.2 Å². The number of esters is 1. The van der Waals surface area contributed by atoms with E-state index in [1.54, 1.807) is 0 Å². The quantitative estimate of drug-likeness (QED) is 0.551. The molecule has 0 radical (unpaired) electrons. The molecule has 0 bridgehead atoms. The maximum absolute atomic E-state index is 11.2. The van der Waals surface area contributed by atoms with Crippen LogP contribution in [0.15, 0.2) is 24.8 Å². The van der Waals surface area contributed by atoms with Crippen molar-refractivity contribution in [1.29, 1.82) is 0 Å². The molecule has 2 nitrogen and oxygen atoms in total. The molecule has 0 heterocycles. The van der Waals surface area contributed by atoms with Crippen molar-refractivity contribution < 1.29 is 9.53 Å². The minimum absolute atomic E-state index is 0.120. The van der Waals surface area contributed by atoms with Crippen molar-refractivity contribution in [2.75, 3.05) is 0 Å². The second-order valence-corrected chi connectivity index (χ2v) is 6.78. The first-order valence-corrected chi connectivity index (χ1v) is 7.11. The number of rotatable bonds is 4. The van der Waals surface area contributed by atoms with Crippen molar-refractivity contribution in [3.8, 4) is 0 Å². The van der Waals surface area contributed by atoms with Crippen molar-refractivity contribution in [3.05, 3.63) is 24.8 Å². The molecule has 2 heteroatoms. The highest BCUT2D eigenvalue weighted by molar-refractivity contribution is 5.66. The zero-order chi connectivity index (χ0) is 14.8. The Labute approximate surface area is 117 Å². The van der Waals surface area contributed by atoms with E-state index >= 15 is 0 Å². The van der Waals surface area contributed by atoms with Gasteiger partial charge < -0.3 is 4.74 Å². The first-order chi connectivity index (χ1) is 8.62. The van der Waals surface area contributed by atoms with Gasteiger partial charge in [-0.25, -0.2) is 0 Å². The summed E-state index contributed by atoms with van der Waals surface area (Å²) in [5, 5.41) is 0. The van der Waals surface area contributed by atoms with E-state index in [9.17, 15) is 4.79 Å². The van der Waals surface area contributed by atoms with Crippen LogP contribution in [-0.2, 0) is 9.53 Å². The lowest BCUT2D eigenvalue weighted by Gasteiger charge is -2.47. The van der Waals surface area contributed by atoms with Crippen molar-refractivity contribution >= 4 is 5.97 Å². The Hall–Kier alpha value is -1.05. The van der Waals surface area contributed by atoms with E-state index < -0.39 is 5.60 Å². The fourth-order valence-corrected chi connectivity index (χ4v) is 3.42. The SMILES string of the molecule is C=C[C@@]1(C)CCC(C(C)(C)OC(C)=O)C[C@@H]1C(=C)C. The van der Waals surface area contributed by atoms with E-state index in [0.29, 0.717) is 11.8 Å². The average Bonchev–Trinajstić information content (AvgIpc) is 2.27. The second kappa shape index (κ2) is 5.52. The molecule has 0 N–H and O–H groups in total. The molecule has 0 saturated heterocycles. The minimum Gasteiger partial charge on any atom is -0.460 e. The summed E-state index contributed by atoms with van der Waals surface area (Å²) in [6.07, 6.45) is 5.22. The smallest absolute Gasteiger partial charge is 0.303 e. The molecule has 1 aliphatic rings. The number of hydrogen-bond donors (Lipinski definition) is 0. The second-order valence-electron chi connectivity index (χ2n) is 6.78. The van der Waals surface area contributed by atoms with Gasteiger partial charge in [0.05, 0.1) is 0 Å². The molecule has 19 heavy (non-hydrogen) atoms. The Morgan fingerprint density at radius 1 is 1.42 bits per heavy atom. The van der Waals surface area contributed by atoms with Gasteiger partial charge in [0.25, 0.3) is 0 Å². The molecule has 1 fully saturated rings. The molecule has 1 rings (SSSR count). The summed E-state index contributed by atoms with van der Waals surface area (Å²) in [7, 11) is 0. The van der Waals surface area contributed by atoms with E-state index in [4.69, 9.17) is 4.74 Å². The number of carbonyl (C=O) groups excluding carboxylic acids is 1. The van der Waals surface area contributed by atoms with Crippen LogP contribution in [0.2, 0.25) is 0 Å². The summed E-state index contributed by atoms with van der Waals surface area (Å²) >= 11 is 0. The zero-order valence-corrected chi connectivity index (χ0v) is 13.1. The van der Waals surface area contributed by atoms with Crippen LogP contribution in [0.3, 0.4) is 0 Å². The highest BCUT2D eigenvalue weighted by atomic mass is 16.6. The summed E-state index contributed by atoms with van der Waals surface area (Å²) in [5.41, 5.74) is 0.919. The van der Waals surface area contributed by atoms with Crippen LogP contribution in [0.25, 0.3) is 0 Å². The van der Waals surface area contributed by atoms with E-state index in [0.717, 1.165) is 19.3 Å². The standard InChI is InChI=1S/C17H28O2/c1-8-17(7)10-9-14(11-15(17)12(2)3)16(5,6)19-13(4)18/h8,14-15H,1-2,9-11H2,3-7H3/t14?,15-,17+/m1/s1. The molecule has 0 amide bonds. The topological polar surface area (TPSA) is 26.3 Å². The third-order valence-electron chi connectivity index (χ3n) is 4.80. The summed E-state index contributed by atoms with van der Waals surface area (Å²) in [6, 6.07) is 0. The Kier molecular flexibility index (Phi) is 4.65. The molecule has 0 aliphatic heterocycles. The van der Waals surface area contributed by atoms with Gasteiger partial charge in [0, 0.05) is 6.92 Å². The number of hydrogen-bond acceptors (Lipinski definition) is 2. The highest BCUT2D eigenvalue weighted by Gasteiger charge is 2.44. The van der Waals surface area contributed by atoms with Crippen LogP contribution >= 0.6 is 0 Å². The fraction of sp³-hybridized carbons (Fsp3) is 0.706. The summed E-state index contributed by atoms with van der Waals surface area (Å²) < 4.78 is 5.51. The normalized spacial score (nSPS) is 31.6. The van der Waals surface area contributed by atoms with Crippen molar-refractivity contribution in [1.82, 2.24) is 0 Å². The fourth-order valence-electron chi connectivity index (χ4n) is 3.42. The van der Waals surface area contributed by atoms with Gasteiger partial charge >= 0.3 is 5.97 Å². The molecule has 0 spiro atoms. The third kappa shape index (κ3) is 3.49. The predicted octanol–water partition coefficient (Wildman–Crippen LogP) is 4.51. The van der Waals surface area contributed by atoms with Gasteiger partial charge in [-0.3, -0.25) is 4.79 Å². The molecule has 1 saturated carbocycles. The third-order valence-corrected chi connectivity index (χ3v) is 4.80. The van der Waals surface area contributed by atoms with E-state index in [-0.39, 0.29) is 11.4 Å². The highest BCUT2D eigenvalue weighted by Crippen LogP contribution is 2.50. The molecule has 1 aliphatic carbocycles. The van der Waals surface area contributed by atoms with Crippen LogP contribution in [0, 0.1) is 17.3 Å². The molecule has 0 aromatic carbocycles. The van der Waals surface area contributed by atoms with E-state index in [1.165, 1.54) is 12.5 Å². The lowest BCUT2D eigenvalue weighted by atomic mass is 9.60. The number of allylic oxidation sites excluding steroid dienone is 2. The zero-order valence-electron chi connectivity index (χ0n) is 13.1. The molecule has 0 aromatic rings. The number of ether oxygens (including phenoxy) is 1. The summed E-state index contributed by atoms with van der Waals surface area (Å²) in [4.78, 5) is 11.2. The van der Waals surface area contributed by atoms with Crippen LogP contribution in [0.4, 0.5) is 0 Å². The molecule has 3 atom stereocenters. The lowest BCUT2D eigenvalue weighted by Crippen LogP contribution is -2.43. The van der Waals surface area contributed by atoms with Crippen LogP contribution in [0.5, 0.6) is 0 Å². The van der Waals surface area contributed by atoms with Crippen LogP contribution in [0.1, 0.15) is 53.9 Å². The molecule has 1 unspecified atom stereocenters. The van der Waals surface area contributed by atoms with Gasteiger partial charge in [0.15, 0.2) is 0 Å². The molecule has 0 aromatic heterocycles. The first kappa shape index (κ1) is 16.0. The minimum atomic E-state index is -0.401. The first-order valence-electron chi connectivity index (χ1n) is 7.11. The summed E-state index contributed by atoms with van der Waals surface area (Å²) in [5.74, 6) is 0.596. The van der Waals surface area contributed by atoms with Crippen molar-refractivity contribution in [2.45, 2.75) is 59.5 Å². The van der Waals surface area contributed by atoms with Gasteiger partial charge in [0.1, 0.15) is 5.60 Å². The Morgan fingerprint density at radius 2 is 2.00 bits per heavy atom. The summed E-state index contributed by atoms with van der Waals surface area (Å²) in [6.45, 7) is 18.0. The Bertz CT molecular complexity index is 381. The van der Waals surface area contributed by atoms with Crippen molar-refractivity contribution in [3.63, 3.8) is 0 Å². The molecular formula is C17H28O2. The number of carbonyl (C=O) groups is 1. The van der Waals surface area contributed by atoms with Crippen LogP contribution < -0.4 is 0 Å². The molecular weight excluding hydrogens is 236 g/mol. The van der Waals surface area contributed by atoms with Crippen molar-refractivity contribution in [2.24, 2.45) is 17.3 Å². The van der Waals surface area contributed by atoms with E-state index in [1.807, 2.05) is 13.8 Å². The predicted molar refractivity (Wildman–Crippen MR) is 79.8 cm³/mol. The Morgan fingerprint density at radius 3 is 2.42 bits per heavy atom. The van der Waals surface area contributed by atoms with Crippen LogP contribution in [-0.4, -0.2) is 11.6 Å². The average molecular weight is 264 g/mol. The van der Waals surface area contributed by atoms with E-state index in [2.05, 4.69) is 33.1 Å². The van der Waals surface area contributed by atoms with Gasteiger partial charge in [-0.05, 0) is 57.3 Å². The molecule has 108 valence electrons. The van der Waals surface area contributed by atoms with Gasteiger partial charge in [-0.2, -0.15) is 0 Å². The maximum atomic E-state index is 11.2.